The SMILES string of the molecule is CCN1CCC(N(C)c2ccccc2CCl)CC1. The molecule has 3 heteroatoms. The smallest absolute Gasteiger partial charge is 0.0494 e. The first kappa shape index (κ1) is 13.7. The number of likely N-dealkylation sites (tertiary alicyclic amines) is 1. The summed E-state index contributed by atoms with van der Waals surface area (Å²) in [5.41, 5.74) is 2.53. The minimum absolute atomic E-state index is 0.592. The molecule has 2 rings (SSSR count). The highest BCUT2D eigenvalue weighted by molar-refractivity contribution is 6.17. The van der Waals surface area contributed by atoms with E-state index in [4.69, 9.17) is 11.6 Å². The fourth-order valence-corrected chi connectivity index (χ4v) is 3.01. The molecule has 1 aromatic rings. The van der Waals surface area contributed by atoms with E-state index < -0.39 is 0 Å². The molecular weight excluding hydrogens is 244 g/mol. The minimum Gasteiger partial charge on any atom is -0.371 e. The molecule has 0 N–H and O–H groups in total. The van der Waals surface area contributed by atoms with Crippen molar-refractivity contribution in [3.63, 3.8) is 0 Å². The molecule has 1 saturated heterocycles. The van der Waals surface area contributed by atoms with Crippen LogP contribution in [0.2, 0.25) is 0 Å². The first-order chi connectivity index (χ1) is 8.76. The average Bonchev–Trinajstić information content (AvgIpc) is 2.46. The molecule has 0 saturated carbocycles. The van der Waals surface area contributed by atoms with E-state index in [1.807, 2.05) is 0 Å². The van der Waals surface area contributed by atoms with Crippen molar-refractivity contribution < 1.29 is 0 Å². The molecule has 1 aliphatic heterocycles. The Morgan fingerprint density at radius 3 is 2.56 bits per heavy atom. The lowest BCUT2D eigenvalue weighted by molar-refractivity contribution is 0.221. The van der Waals surface area contributed by atoms with E-state index in [9.17, 15) is 0 Å². The number of hydrogen-bond donors (Lipinski definition) is 0. The van der Waals surface area contributed by atoms with Gasteiger partial charge in [0.1, 0.15) is 0 Å². The van der Waals surface area contributed by atoms with Gasteiger partial charge in [0.25, 0.3) is 0 Å². The van der Waals surface area contributed by atoms with E-state index in [2.05, 4.69) is 48.0 Å². The summed E-state index contributed by atoms with van der Waals surface area (Å²) in [5, 5.41) is 0. The van der Waals surface area contributed by atoms with Crippen LogP contribution in [0.4, 0.5) is 5.69 Å². The highest BCUT2D eigenvalue weighted by Gasteiger charge is 2.22. The van der Waals surface area contributed by atoms with E-state index in [1.54, 1.807) is 0 Å². The molecule has 0 aromatic heterocycles. The minimum atomic E-state index is 0.592. The molecule has 0 radical (unpaired) electrons. The molecule has 100 valence electrons. The normalized spacial score (nSPS) is 17.9. The van der Waals surface area contributed by atoms with Crippen LogP contribution in [0, 0.1) is 0 Å². The standard InChI is InChI=1S/C15H23ClN2/c1-3-18-10-8-14(9-11-18)17(2)15-7-5-4-6-13(15)12-16/h4-7,14H,3,8-12H2,1-2H3. The molecule has 0 spiro atoms. The molecule has 0 bridgehead atoms. The van der Waals surface area contributed by atoms with Crippen molar-refractivity contribution in [1.82, 2.24) is 4.90 Å². The molecule has 1 fully saturated rings. The van der Waals surface area contributed by atoms with Crippen LogP contribution in [0.15, 0.2) is 24.3 Å². The summed E-state index contributed by atoms with van der Waals surface area (Å²) < 4.78 is 0. The third-order valence-corrected chi connectivity index (χ3v) is 4.36. The Kier molecular flexibility index (Phi) is 4.90. The number of nitrogens with zero attached hydrogens (tertiary/aromatic N) is 2. The molecule has 18 heavy (non-hydrogen) atoms. The van der Waals surface area contributed by atoms with E-state index in [0.717, 1.165) is 0 Å². The summed E-state index contributed by atoms with van der Waals surface area (Å²) in [7, 11) is 2.21. The van der Waals surface area contributed by atoms with Crippen LogP contribution in [0.1, 0.15) is 25.3 Å². The zero-order chi connectivity index (χ0) is 13.0. The van der Waals surface area contributed by atoms with Crippen molar-refractivity contribution in [2.45, 2.75) is 31.7 Å². The quantitative estimate of drug-likeness (QED) is 0.772. The van der Waals surface area contributed by atoms with Crippen molar-refractivity contribution in [3.8, 4) is 0 Å². The van der Waals surface area contributed by atoms with Gasteiger partial charge in [0.15, 0.2) is 0 Å². The maximum atomic E-state index is 6.03. The highest BCUT2D eigenvalue weighted by atomic mass is 35.5. The molecule has 0 atom stereocenters. The van der Waals surface area contributed by atoms with E-state index in [-0.39, 0.29) is 0 Å². The Labute approximate surface area is 116 Å². The number of piperidine rings is 1. The number of hydrogen-bond acceptors (Lipinski definition) is 2. The Hall–Kier alpha value is -0.730. The molecule has 0 aliphatic carbocycles. The van der Waals surface area contributed by atoms with Gasteiger partial charge in [-0.05, 0) is 31.0 Å². The molecule has 1 aliphatic rings. The Bertz CT molecular complexity index is 373. The van der Waals surface area contributed by atoms with Gasteiger partial charge < -0.3 is 9.80 Å². The summed E-state index contributed by atoms with van der Waals surface area (Å²) in [5.74, 6) is 0.592. The monoisotopic (exact) mass is 266 g/mol. The van der Waals surface area contributed by atoms with Crippen molar-refractivity contribution in [2.24, 2.45) is 0 Å². The average molecular weight is 267 g/mol. The van der Waals surface area contributed by atoms with Crippen LogP contribution in [0.3, 0.4) is 0 Å². The summed E-state index contributed by atoms with van der Waals surface area (Å²) >= 11 is 6.03. The fourth-order valence-electron chi connectivity index (χ4n) is 2.79. The first-order valence-electron chi connectivity index (χ1n) is 6.85. The Morgan fingerprint density at radius 2 is 1.94 bits per heavy atom. The zero-order valence-electron chi connectivity index (χ0n) is 11.4. The van der Waals surface area contributed by atoms with Crippen LogP contribution in [-0.4, -0.2) is 37.6 Å². The lowest BCUT2D eigenvalue weighted by Crippen LogP contribution is -2.43. The van der Waals surface area contributed by atoms with Crippen LogP contribution < -0.4 is 4.90 Å². The summed E-state index contributed by atoms with van der Waals surface area (Å²) in [6.07, 6.45) is 2.50. The van der Waals surface area contributed by atoms with Crippen LogP contribution in [0.25, 0.3) is 0 Å². The topological polar surface area (TPSA) is 6.48 Å². The number of alkyl halides is 1. The maximum absolute atomic E-state index is 6.03. The lowest BCUT2D eigenvalue weighted by atomic mass is 10.0. The predicted octanol–water partition coefficient (Wildman–Crippen LogP) is 3.35. The van der Waals surface area contributed by atoms with Gasteiger partial charge in [-0.2, -0.15) is 0 Å². The highest BCUT2D eigenvalue weighted by Crippen LogP contribution is 2.26. The second kappa shape index (κ2) is 6.44. The maximum Gasteiger partial charge on any atom is 0.0494 e. The first-order valence-corrected chi connectivity index (χ1v) is 7.38. The van der Waals surface area contributed by atoms with Crippen LogP contribution in [0.5, 0.6) is 0 Å². The molecule has 1 aromatic carbocycles. The van der Waals surface area contributed by atoms with Gasteiger partial charge in [-0.3, -0.25) is 0 Å². The van der Waals surface area contributed by atoms with Crippen LogP contribution in [-0.2, 0) is 5.88 Å². The molecule has 0 unspecified atom stereocenters. The zero-order valence-corrected chi connectivity index (χ0v) is 12.2. The van der Waals surface area contributed by atoms with Gasteiger partial charge in [-0.15, -0.1) is 11.6 Å². The van der Waals surface area contributed by atoms with Gasteiger partial charge in [0.05, 0.1) is 0 Å². The van der Waals surface area contributed by atoms with Gasteiger partial charge in [0.2, 0.25) is 0 Å². The van der Waals surface area contributed by atoms with Crippen molar-refractivity contribution in [3.05, 3.63) is 29.8 Å². The number of anilines is 1. The molecule has 2 nitrogen and oxygen atoms in total. The Morgan fingerprint density at radius 1 is 1.28 bits per heavy atom. The van der Waals surface area contributed by atoms with Gasteiger partial charge in [-0.25, -0.2) is 0 Å². The largest absolute Gasteiger partial charge is 0.371 e. The number of para-hydroxylation sites is 1. The number of halogens is 1. The van der Waals surface area contributed by atoms with Crippen molar-refractivity contribution in [1.29, 1.82) is 0 Å². The fraction of sp³-hybridized carbons (Fsp3) is 0.600. The summed E-state index contributed by atoms with van der Waals surface area (Å²) in [4.78, 5) is 4.95. The van der Waals surface area contributed by atoms with E-state index >= 15 is 0 Å². The predicted molar refractivity (Wildman–Crippen MR) is 79.5 cm³/mol. The third kappa shape index (κ3) is 2.99. The van der Waals surface area contributed by atoms with Gasteiger partial charge >= 0.3 is 0 Å². The lowest BCUT2D eigenvalue weighted by Gasteiger charge is -2.38. The Balaban J connectivity index is 2.05. The van der Waals surface area contributed by atoms with Crippen molar-refractivity contribution in [2.75, 3.05) is 31.6 Å². The van der Waals surface area contributed by atoms with Gasteiger partial charge in [0, 0.05) is 37.7 Å². The van der Waals surface area contributed by atoms with E-state index in [1.165, 1.54) is 43.7 Å². The number of rotatable bonds is 4. The molecule has 0 amide bonds. The van der Waals surface area contributed by atoms with Gasteiger partial charge in [-0.1, -0.05) is 25.1 Å². The summed E-state index contributed by atoms with van der Waals surface area (Å²) in [6.45, 7) is 5.85. The summed E-state index contributed by atoms with van der Waals surface area (Å²) in [6, 6.07) is 9.12. The molecule has 1 heterocycles. The third-order valence-electron chi connectivity index (χ3n) is 4.07. The van der Waals surface area contributed by atoms with Crippen LogP contribution >= 0.6 is 11.6 Å². The van der Waals surface area contributed by atoms with Crippen molar-refractivity contribution >= 4 is 17.3 Å². The second-order valence-electron chi connectivity index (χ2n) is 5.04. The second-order valence-corrected chi connectivity index (χ2v) is 5.31. The van der Waals surface area contributed by atoms with E-state index in [0.29, 0.717) is 11.9 Å². The molecular formula is C15H23ClN2. The number of benzene rings is 1.